The van der Waals surface area contributed by atoms with Crippen molar-refractivity contribution in [3.05, 3.63) is 0 Å². The van der Waals surface area contributed by atoms with Gasteiger partial charge in [-0.25, -0.2) is 0 Å². The van der Waals surface area contributed by atoms with Gasteiger partial charge in [0.2, 0.25) is 0 Å². The molecule has 0 unspecified atom stereocenters. The molecule has 8 heavy (non-hydrogen) atoms. The van der Waals surface area contributed by atoms with Crippen molar-refractivity contribution >= 4 is 23.1 Å². The SMILES string of the molecule is F.F.O=S=O.O=S=O. The molecule has 0 N–H and O–H groups in total. The molecule has 0 aromatic heterocycles. The van der Waals surface area contributed by atoms with E-state index in [4.69, 9.17) is 16.8 Å². The second-order valence-electron chi connectivity index (χ2n) is 0.136. The van der Waals surface area contributed by atoms with Gasteiger partial charge in [0.1, 0.15) is 0 Å². The van der Waals surface area contributed by atoms with Gasteiger partial charge in [0.15, 0.2) is 0 Å². The summed E-state index contributed by atoms with van der Waals surface area (Å²) >= 11 is -1.50. The smallest absolute Gasteiger partial charge is 0.269 e. The molecule has 0 spiro atoms. The Balaban J connectivity index is -0.0000000160. The Morgan fingerprint density at radius 3 is 0.625 bits per heavy atom. The van der Waals surface area contributed by atoms with Crippen LogP contribution in [0.3, 0.4) is 0 Å². The summed E-state index contributed by atoms with van der Waals surface area (Å²) in [5, 5.41) is 0. The first-order chi connectivity index (χ1) is 2.83. The molecule has 0 amide bonds. The summed E-state index contributed by atoms with van der Waals surface area (Å²) in [6, 6.07) is 0. The number of hydrogen-bond donors (Lipinski definition) is 0. The Bertz CT molecular complexity index is 66.0. The lowest BCUT2D eigenvalue weighted by molar-refractivity contribution is 0.628. The third-order valence-corrected chi connectivity index (χ3v) is 0. The van der Waals surface area contributed by atoms with Gasteiger partial charge in [0, 0.05) is 0 Å². The predicted octanol–water partition coefficient (Wildman–Crippen LogP) is -1.04. The Kier molecular flexibility index (Phi) is 283. The maximum Gasteiger partial charge on any atom is 0.335 e. The van der Waals surface area contributed by atoms with Crippen LogP contribution in [0.2, 0.25) is 0 Å². The standard InChI is InChI=1S/2FH.2O2S/c;;2*1-3-2/h2*1H;;. The van der Waals surface area contributed by atoms with E-state index in [1.807, 2.05) is 0 Å². The van der Waals surface area contributed by atoms with E-state index in [9.17, 15) is 0 Å². The van der Waals surface area contributed by atoms with Crippen LogP contribution >= 0.6 is 0 Å². The average Bonchev–Trinajstić information content (AvgIpc) is 1.39. The van der Waals surface area contributed by atoms with Crippen molar-refractivity contribution < 1.29 is 26.2 Å². The molecule has 52 valence electrons. The van der Waals surface area contributed by atoms with Crippen LogP contribution in [-0.2, 0) is 23.1 Å². The minimum absolute atomic E-state index is 0. The van der Waals surface area contributed by atoms with Crippen molar-refractivity contribution in [1.29, 1.82) is 0 Å². The zero-order valence-electron chi connectivity index (χ0n) is 3.27. The minimum Gasteiger partial charge on any atom is -0.269 e. The Morgan fingerprint density at radius 1 is 0.625 bits per heavy atom. The maximum atomic E-state index is 8.29. The first-order valence-electron chi connectivity index (χ1n) is 0.667. The Labute approximate surface area is 50.2 Å². The molecule has 0 aliphatic heterocycles. The zero-order chi connectivity index (χ0) is 5.41. The van der Waals surface area contributed by atoms with Crippen LogP contribution in [0.4, 0.5) is 9.41 Å². The summed E-state index contributed by atoms with van der Waals surface area (Å²) in [5.41, 5.74) is 0. The van der Waals surface area contributed by atoms with E-state index in [2.05, 4.69) is 0 Å². The number of rotatable bonds is 0. The summed E-state index contributed by atoms with van der Waals surface area (Å²) < 4.78 is 33.2. The molecule has 0 aromatic rings. The van der Waals surface area contributed by atoms with E-state index in [0.717, 1.165) is 0 Å². The van der Waals surface area contributed by atoms with Crippen LogP contribution in [0.5, 0.6) is 0 Å². The third kappa shape index (κ3) is 446. The van der Waals surface area contributed by atoms with Crippen molar-refractivity contribution in [2.45, 2.75) is 0 Å². The molecule has 0 rings (SSSR count). The van der Waals surface area contributed by atoms with Gasteiger partial charge in [-0.15, -0.1) is 0 Å². The van der Waals surface area contributed by atoms with Gasteiger partial charge in [0.25, 0.3) is 0 Å². The van der Waals surface area contributed by atoms with Gasteiger partial charge in [-0.05, 0) is 0 Å². The molecular weight excluding hydrogens is 166 g/mol. The highest BCUT2D eigenvalue weighted by molar-refractivity contribution is 7.51. The van der Waals surface area contributed by atoms with Crippen LogP contribution in [0.25, 0.3) is 0 Å². The number of hydrogen-bond acceptors (Lipinski definition) is 4. The lowest BCUT2D eigenvalue weighted by Gasteiger charge is -0.947. The minimum atomic E-state index is -0.750. The molecule has 8 heteroatoms. The molecule has 0 radical (unpaired) electrons. The molecular formula is H2F2O4S2. The van der Waals surface area contributed by atoms with Gasteiger partial charge >= 0.3 is 23.1 Å². The van der Waals surface area contributed by atoms with Crippen molar-refractivity contribution in [3.8, 4) is 0 Å². The van der Waals surface area contributed by atoms with E-state index in [0.29, 0.717) is 0 Å². The first-order valence-corrected chi connectivity index (χ1v) is 2.00. The normalized spacial score (nSPS) is 3.00. The fraction of sp³-hybridized carbons (Fsp3) is 0. The second kappa shape index (κ2) is 87.4. The molecule has 0 bridgehead atoms. The molecule has 0 aliphatic rings. The third-order valence-electron chi connectivity index (χ3n) is 0. The second-order valence-corrected chi connectivity index (χ2v) is 0.408. The fourth-order valence-corrected chi connectivity index (χ4v) is 0. The molecule has 0 aliphatic carbocycles. The Morgan fingerprint density at radius 2 is 0.625 bits per heavy atom. The van der Waals surface area contributed by atoms with Crippen LogP contribution in [-0.4, -0.2) is 16.8 Å². The topological polar surface area (TPSA) is 68.3 Å². The average molecular weight is 168 g/mol. The summed E-state index contributed by atoms with van der Waals surface area (Å²) in [6.45, 7) is 0. The summed E-state index contributed by atoms with van der Waals surface area (Å²) in [5.74, 6) is 0. The summed E-state index contributed by atoms with van der Waals surface area (Å²) in [4.78, 5) is 0. The predicted molar refractivity (Wildman–Crippen MR) is 22.8 cm³/mol. The van der Waals surface area contributed by atoms with Gasteiger partial charge in [-0.3, -0.25) is 9.41 Å². The fourth-order valence-electron chi connectivity index (χ4n) is 0. The highest BCUT2D eigenvalue weighted by Gasteiger charge is 1.12. The van der Waals surface area contributed by atoms with Gasteiger partial charge in [0.05, 0.1) is 0 Å². The van der Waals surface area contributed by atoms with Crippen molar-refractivity contribution in [3.63, 3.8) is 0 Å². The molecule has 0 aromatic carbocycles. The van der Waals surface area contributed by atoms with Crippen molar-refractivity contribution in [2.24, 2.45) is 0 Å². The van der Waals surface area contributed by atoms with Crippen LogP contribution in [0.15, 0.2) is 0 Å². The molecule has 0 saturated heterocycles. The molecule has 0 fully saturated rings. The van der Waals surface area contributed by atoms with E-state index < -0.39 is 23.1 Å². The monoisotopic (exact) mass is 168 g/mol. The molecule has 4 nitrogen and oxygen atoms in total. The summed E-state index contributed by atoms with van der Waals surface area (Å²) in [7, 11) is 0. The molecule has 0 saturated carbocycles. The lowest BCUT2D eigenvalue weighted by atomic mass is 15.9. The lowest BCUT2D eigenvalue weighted by Crippen LogP contribution is -1.18. The maximum absolute atomic E-state index is 8.29. The number of halogens is 2. The van der Waals surface area contributed by atoms with E-state index in [1.54, 1.807) is 0 Å². The quantitative estimate of drug-likeness (QED) is 0.463. The largest absolute Gasteiger partial charge is 0.335 e. The zero-order valence-corrected chi connectivity index (χ0v) is 4.90. The van der Waals surface area contributed by atoms with Gasteiger partial charge in [-0.1, -0.05) is 0 Å². The van der Waals surface area contributed by atoms with Gasteiger partial charge < -0.3 is 0 Å². The first kappa shape index (κ1) is 25.9. The highest BCUT2D eigenvalue weighted by Crippen LogP contribution is 0.849. The van der Waals surface area contributed by atoms with Gasteiger partial charge in [-0.2, -0.15) is 16.8 Å². The van der Waals surface area contributed by atoms with E-state index in [-0.39, 0.29) is 9.41 Å². The van der Waals surface area contributed by atoms with E-state index in [1.165, 1.54) is 0 Å². The van der Waals surface area contributed by atoms with Crippen LogP contribution in [0.1, 0.15) is 0 Å². The highest BCUT2D eigenvalue weighted by atomic mass is 32.1. The van der Waals surface area contributed by atoms with Crippen LogP contribution < -0.4 is 0 Å². The van der Waals surface area contributed by atoms with Crippen LogP contribution in [0, 0.1) is 0 Å². The summed E-state index contributed by atoms with van der Waals surface area (Å²) in [6.07, 6.45) is 0. The Hall–Kier alpha value is -0.500. The molecule has 0 atom stereocenters. The molecule has 0 heterocycles. The van der Waals surface area contributed by atoms with Crippen molar-refractivity contribution in [1.82, 2.24) is 0 Å². The van der Waals surface area contributed by atoms with Crippen molar-refractivity contribution in [2.75, 3.05) is 0 Å². The van der Waals surface area contributed by atoms with E-state index >= 15 is 0 Å².